The molecule has 0 aromatic rings. The normalized spacial score (nSPS) is 33.5. The Kier molecular flexibility index (Phi) is 4.19. The quantitative estimate of drug-likeness (QED) is 0.817. The van der Waals surface area contributed by atoms with E-state index in [1.165, 1.54) is 57.9 Å². The van der Waals surface area contributed by atoms with E-state index >= 15 is 0 Å². The van der Waals surface area contributed by atoms with Gasteiger partial charge in [-0.25, -0.2) is 0 Å². The Morgan fingerprint density at radius 3 is 2.58 bits per heavy atom. The summed E-state index contributed by atoms with van der Waals surface area (Å²) in [6, 6.07) is 0.852. The van der Waals surface area contributed by atoms with Crippen LogP contribution in [0.2, 0.25) is 0 Å². The van der Waals surface area contributed by atoms with Gasteiger partial charge in [0.05, 0.1) is 5.60 Å². The first-order valence-corrected chi connectivity index (χ1v) is 8.56. The van der Waals surface area contributed by atoms with Gasteiger partial charge in [0.2, 0.25) is 0 Å². The molecule has 3 aliphatic rings. The Labute approximate surface area is 118 Å². The Hall–Kier alpha value is -0.0800. The summed E-state index contributed by atoms with van der Waals surface area (Å²) in [5.74, 6) is 2.54. The van der Waals surface area contributed by atoms with Gasteiger partial charge in [-0.3, -0.25) is 0 Å². The number of hydrogen-bond acceptors (Lipinski definition) is 2. The number of ether oxygens (including phenoxy) is 1. The van der Waals surface area contributed by atoms with Crippen molar-refractivity contribution >= 4 is 0 Å². The van der Waals surface area contributed by atoms with Crippen LogP contribution in [0.4, 0.5) is 0 Å². The van der Waals surface area contributed by atoms with Crippen molar-refractivity contribution in [3.05, 3.63) is 0 Å². The molecule has 3 unspecified atom stereocenters. The molecule has 2 heteroatoms. The lowest BCUT2D eigenvalue weighted by atomic mass is 9.74. The van der Waals surface area contributed by atoms with Crippen LogP contribution in [0.1, 0.15) is 65.2 Å². The van der Waals surface area contributed by atoms with Gasteiger partial charge in [-0.2, -0.15) is 0 Å². The van der Waals surface area contributed by atoms with E-state index in [1.807, 2.05) is 0 Å². The second kappa shape index (κ2) is 5.73. The molecule has 1 saturated heterocycles. The fourth-order valence-electron chi connectivity index (χ4n) is 4.17. The van der Waals surface area contributed by atoms with Gasteiger partial charge in [0.25, 0.3) is 0 Å². The summed E-state index contributed by atoms with van der Waals surface area (Å²) in [5, 5.41) is 3.71. The summed E-state index contributed by atoms with van der Waals surface area (Å²) in [6.45, 7) is 7.16. The topological polar surface area (TPSA) is 21.3 Å². The smallest absolute Gasteiger partial charge is 0.0685 e. The molecule has 1 N–H and O–H groups in total. The van der Waals surface area contributed by atoms with Crippen LogP contribution in [0.15, 0.2) is 0 Å². The van der Waals surface area contributed by atoms with Gasteiger partial charge in [-0.05, 0) is 62.8 Å². The average Bonchev–Trinajstić information content (AvgIpc) is 3.16. The number of hydrogen-bond donors (Lipinski definition) is 1. The van der Waals surface area contributed by atoms with Crippen molar-refractivity contribution < 1.29 is 4.74 Å². The van der Waals surface area contributed by atoms with E-state index in [2.05, 4.69) is 19.2 Å². The fraction of sp³-hybridized carbons (Fsp3) is 1.00. The molecule has 0 bridgehead atoms. The highest BCUT2D eigenvalue weighted by Gasteiger charge is 2.41. The summed E-state index contributed by atoms with van der Waals surface area (Å²) in [7, 11) is 0. The summed E-state index contributed by atoms with van der Waals surface area (Å²) in [6.07, 6.45) is 10.9. The zero-order valence-corrected chi connectivity index (χ0v) is 12.8. The zero-order valence-electron chi connectivity index (χ0n) is 12.8. The monoisotopic (exact) mass is 265 g/mol. The lowest BCUT2D eigenvalue weighted by molar-refractivity contribution is -0.104. The maximum Gasteiger partial charge on any atom is 0.0685 e. The van der Waals surface area contributed by atoms with Crippen LogP contribution < -0.4 is 5.32 Å². The highest BCUT2D eigenvalue weighted by atomic mass is 16.5. The third-order valence-corrected chi connectivity index (χ3v) is 5.99. The van der Waals surface area contributed by atoms with Crippen LogP contribution in [0, 0.1) is 17.8 Å². The standard InChI is InChI=1S/C17H31NO/c1-13(12-18-16-5-6-16)14(2)15-7-10-19-17(11-15)8-3-4-9-17/h13-16,18H,3-12H2,1-2H3. The minimum Gasteiger partial charge on any atom is -0.375 e. The molecule has 0 aromatic heterocycles. The molecule has 3 atom stereocenters. The zero-order chi connectivity index (χ0) is 13.3. The van der Waals surface area contributed by atoms with Crippen LogP contribution in [0.25, 0.3) is 0 Å². The minimum atomic E-state index is 0.292. The molecule has 3 rings (SSSR count). The highest BCUT2D eigenvalue weighted by Crippen LogP contribution is 2.45. The van der Waals surface area contributed by atoms with Crippen molar-refractivity contribution in [3.8, 4) is 0 Å². The van der Waals surface area contributed by atoms with E-state index in [4.69, 9.17) is 4.74 Å². The first-order chi connectivity index (χ1) is 9.19. The Morgan fingerprint density at radius 2 is 1.89 bits per heavy atom. The Bertz CT molecular complexity index is 294. The van der Waals surface area contributed by atoms with Crippen LogP contribution in [0.5, 0.6) is 0 Å². The predicted octanol–water partition coefficient (Wildman–Crippen LogP) is 3.75. The molecule has 0 aromatic carbocycles. The molecular weight excluding hydrogens is 234 g/mol. The summed E-state index contributed by atoms with van der Waals surface area (Å²) < 4.78 is 6.18. The molecule has 0 amide bonds. The third-order valence-electron chi connectivity index (χ3n) is 5.99. The molecular formula is C17H31NO. The molecule has 2 nitrogen and oxygen atoms in total. The number of rotatable bonds is 5. The summed E-state index contributed by atoms with van der Waals surface area (Å²) in [4.78, 5) is 0. The van der Waals surface area contributed by atoms with E-state index in [-0.39, 0.29) is 0 Å². The lowest BCUT2D eigenvalue weighted by Gasteiger charge is -2.42. The fourth-order valence-corrected chi connectivity index (χ4v) is 4.17. The van der Waals surface area contributed by atoms with Crippen molar-refractivity contribution in [2.75, 3.05) is 13.2 Å². The Balaban J connectivity index is 1.51. The van der Waals surface area contributed by atoms with Gasteiger partial charge in [0.15, 0.2) is 0 Å². The molecule has 1 spiro atoms. The molecule has 1 heterocycles. The van der Waals surface area contributed by atoms with E-state index < -0.39 is 0 Å². The molecule has 1 aliphatic heterocycles. The van der Waals surface area contributed by atoms with E-state index in [0.717, 1.165) is 30.4 Å². The van der Waals surface area contributed by atoms with Gasteiger partial charge in [-0.15, -0.1) is 0 Å². The van der Waals surface area contributed by atoms with E-state index in [9.17, 15) is 0 Å². The first-order valence-electron chi connectivity index (χ1n) is 8.56. The van der Waals surface area contributed by atoms with E-state index in [1.54, 1.807) is 0 Å². The van der Waals surface area contributed by atoms with Gasteiger partial charge in [-0.1, -0.05) is 26.7 Å². The largest absolute Gasteiger partial charge is 0.375 e. The van der Waals surface area contributed by atoms with Crippen molar-refractivity contribution in [3.63, 3.8) is 0 Å². The van der Waals surface area contributed by atoms with Crippen molar-refractivity contribution in [2.45, 2.75) is 76.9 Å². The van der Waals surface area contributed by atoms with Crippen molar-refractivity contribution in [1.29, 1.82) is 0 Å². The van der Waals surface area contributed by atoms with E-state index in [0.29, 0.717) is 5.60 Å². The molecule has 110 valence electrons. The SMILES string of the molecule is CC(CNC1CC1)C(C)C1CCOC2(CCCC2)C1. The van der Waals surface area contributed by atoms with Gasteiger partial charge < -0.3 is 10.1 Å². The number of nitrogens with one attached hydrogen (secondary N) is 1. The highest BCUT2D eigenvalue weighted by molar-refractivity contribution is 4.93. The molecule has 2 saturated carbocycles. The maximum absolute atomic E-state index is 6.18. The van der Waals surface area contributed by atoms with Crippen LogP contribution >= 0.6 is 0 Å². The summed E-state index contributed by atoms with van der Waals surface area (Å²) >= 11 is 0. The second-order valence-corrected chi connectivity index (χ2v) is 7.51. The van der Waals surface area contributed by atoms with Crippen molar-refractivity contribution in [1.82, 2.24) is 5.32 Å². The predicted molar refractivity (Wildman–Crippen MR) is 79.2 cm³/mol. The first kappa shape index (κ1) is 13.9. The van der Waals surface area contributed by atoms with Crippen LogP contribution in [0.3, 0.4) is 0 Å². The lowest BCUT2D eigenvalue weighted by Crippen LogP contribution is -2.41. The third kappa shape index (κ3) is 3.33. The molecule has 2 aliphatic carbocycles. The second-order valence-electron chi connectivity index (χ2n) is 7.51. The Morgan fingerprint density at radius 1 is 1.16 bits per heavy atom. The van der Waals surface area contributed by atoms with Crippen LogP contribution in [-0.2, 0) is 4.74 Å². The molecule has 0 radical (unpaired) electrons. The maximum atomic E-state index is 6.18. The molecule has 19 heavy (non-hydrogen) atoms. The average molecular weight is 265 g/mol. The van der Waals surface area contributed by atoms with Crippen LogP contribution in [-0.4, -0.2) is 24.8 Å². The molecule has 3 fully saturated rings. The van der Waals surface area contributed by atoms with Gasteiger partial charge in [0, 0.05) is 12.6 Å². The van der Waals surface area contributed by atoms with Crippen molar-refractivity contribution in [2.24, 2.45) is 17.8 Å². The van der Waals surface area contributed by atoms with Gasteiger partial charge >= 0.3 is 0 Å². The summed E-state index contributed by atoms with van der Waals surface area (Å²) in [5.41, 5.74) is 0.292. The minimum absolute atomic E-state index is 0.292. The van der Waals surface area contributed by atoms with Gasteiger partial charge in [0.1, 0.15) is 0 Å².